The molecule has 0 saturated carbocycles. The fourth-order valence-corrected chi connectivity index (χ4v) is 1.28. The van der Waals surface area contributed by atoms with Crippen LogP contribution in [0.3, 0.4) is 0 Å². The number of nitrogens with two attached hydrogens (primary N) is 1. The number of ether oxygens (including phenoxy) is 1. The summed E-state index contributed by atoms with van der Waals surface area (Å²) in [6, 6.07) is 4.80. The smallest absolute Gasteiger partial charge is 0.401 e. The summed E-state index contributed by atoms with van der Waals surface area (Å²) < 4.78 is 54.8. The summed E-state index contributed by atoms with van der Waals surface area (Å²) in [6.45, 7) is -0.762. The van der Waals surface area contributed by atoms with Gasteiger partial charge in [0.2, 0.25) is 0 Å². The minimum atomic E-state index is -4.57. The minimum absolute atomic E-state index is 0.00417. The van der Waals surface area contributed by atoms with E-state index in [2.05, 4.69) is 12.2 Å². The van der Waals surface area contributed by atoms with E-state index < -0.39 is 29.5 Å². The van der Waals surface area contributed by atoms with Crippen molar-refractivity contribution in [1.82, 2.24) is 0 Å². The predicted molar refractivity (Wildman–Crippen MR) is 58.2 cm³/mol. The Kier molecular flexibility index (Phi) is 4.28. The fraction of sp³-hybridized carbons (Fsp3) is 0.300. The van der Waals surface area contributed by atoms with E-state index in [1.54, 1.807) is 0 Å². The first-order chi connectivity index (χ1) is 7.80. The van der Waals surface area contributed by atoms with E-state index in [4.69, 9.17) is 10.5 Å². The van der Waals surface area contributed by atoms with Crippen molar-refractivity contribution in [2.75, 3.05) is 6.61 Å². The molecule has 0 aliphatic rings. The second-order valence-corrected chi connectivity index (χ2v) is 3.74. The van der Waals surface area contributed by atoms with E-state index in [-0.39, 0.29) is 5.75 Å². The third-order valence-corrected chi connectivity index (χ3v) is 2.24. The molecular formula is C10H9F4NOS. The lowest BCUT2D eigenvalue weighted by molar-refractivity contribution is -0.161. The number of rotatable bonds is 4. The molecule has 0 aliphatic carbocycles. The van der Waals surface area contributed by atoms with E-state index in [9.17, 15) is 17.6 Å². The van der Waals surface area contributed by atoms with E-state index in [1.807, 2.05) is 0 Å². The molecule has 0 saturated heterocycles. The van der Waals surface area contributed by atoms with Crippen molar-refractivity contribution in [3.8, 4) is 5.75 Å². The normalized spacial score (nSPS) is 13.2. The SMILES string of the molecule is NC(=S)C(COc1cccc(F)c1)C(F)(F)F. The van der Waals surface area contributed by atoms with Crippen molar-refractivity contribution >= 4 is 17.2 Å². The Morgan fingerprint density at radius 1 is 1.41 bits per heavy atom. The first-order valence-corrected chi connectivity index (χ1v) is 4.96. The van der Waals surface area contributed by atoms with Crippen molar-refractivity contribution in [3.63, 3.8) is 0 Å². The second-order valence-electron chi connectivity index (χ2n) is 3.26. The van der Waals surface area contributed by atoms with E-state index in [0.717, 1.165) is 12.1 Å². The van der Waals surface area contributed by atoms with Crippen LogP contribution in [0.5, 0.6) is 5.75 Å². The van der Waals surface area contributed by atoms with Gasteiger partial charge in [0.05, 0.1) is 4.99 Å². The highest BCUT2D eigenvalue weighted by Gasteiger charge is 2.42. The van der Waals surface area contributed by atoms with Crippen LogP contribution >= 0.6 is 12.2 Å². The van der Waals surface area contributed by atoms with Gasteiger partial charge in [0.1, 0.15) is 24.1 Å². The molecule has 0 fully saturated rings. The van der Waals surface area contributed by atoms with Gasteiger partial charge in [0.25, 0.3) is 0 Å². The lowest BCUT2D eigenvalue weighted by atomic mass is 10.1. The molecule has 1 rings (SSSR count). The van der Waals surface area contributed by atoms with Gasteiger partial charge in [-0.25, -0.2) is 4.39 Å². The lowest BCUT2D eigenvalue weighted by Crippen LogP contribution is -2.38. The zero-order valence-electron chi connectivity index (χ0n) is 8.50. The number of benzene rings is 1. The molecular weight excluding hydrogens is 258 g/mol. The molecule has 2 N–H and O–H groups in total. The largest absolute Gasteiger partial charge is 0.492 e. The third kappa shape index (κ3) is 4.18. The maximum absolute atomic E-state index is 12.7. The monoisotopic (exact) mass is 267 g/mol. The predicted octanol–water partition coefficient (Wildman–Crippen LogP) is 2.67. The van der Waals surface area contributed by atoms with E-state index >= 15 is 0 Å². The van der Waals surface area contributed by atoms with Crippen molar-refractivity contribution < 1.29 is 22.3 Å². The Hall–Kier alpha value is -1.37. The molecule has 0 radical (unpaired) electrons. The number of hydrogen-bond donors (Lipinski definition) is 1. The summed E-state index contributed by atoms with van der Waals surface area (Å²) in [5, 5.41) is 0. The summed E-state index contributed by atoms with van der Waals surface area (Å²) in [5.41, 5.74) is 4.97. The highest BCUT2D eigenvalue weighted by atomic mass is 32.1. The van der Waals surface area contributed by atoms with Gasteiger partial charge in [0, 0.05) is 6.07 Å². The van der Waals surface area contributed by atoms with E-state index in [0.29, 0.717) is 0 Å². The quantitative estimate of drug-likeness (QED) is 0.673. The molecule has 0 heterocycles. The molecule has 1 atom stereocenters. The Balaban J connectivity index is 2.68. The summed E-state index contributed by atoms with van der Waals surface area (Å²) >= 11 is 4.31. The Morgan fingerprint density at radius 2 is 2.06 bits per heavy atom. The summed E-state index contributed by atoms with van der Waals surface area (Å²) in [6.07, 6.45) is -4.57. The molecule has 0 aliphatic heterocycles. The maximum Gasteiger partial charge on any atom is 0.401 e. The van der Waals surface area contributed by atoms with Gasteiger partial charge in [-0.15, -0.1) is 0 Å². The van der Waals surface area contributed by atoms with E-state index in [1.165, 1.54) is 12.1 Å². The highest BCUT2D eigenvalue weighted by Crippen LogP contribution is 2.27. The average molecular weight is 267 g/mol. The zero-order chi connectivity index (χ0) is 13.1. The molecule has 1 aromatic carbocycles. The van der Waals surface area contributed by atoms with Crippen LogP contribution in [0.15, 0.2) is 24.3 Å². The summed E-state index contributed by atoms with van der Waals surface area (Å²) in [5.74, 6) is -2.64. The van der Waals surface area contributed by atoms with Crippen LogP contribution in [-0.4, -0.2) is 17.8 Å². The van der Waals surface area contributed by atoms with Crippen LogP contribution in [0.4, 0.5) is 17.6 Å². The molecule has 0 bridgehead atoms. The van der Waals surface area contributed by atoms with Crippen molar-refractivity contribution in [2.45, 2.75) is 6.18 Å². The molecule has 0 aromatic heterocycles. The molecule has 1 aromatic rings. The standard InChI is InChI=1S/C10H9F4NOS/c11-6-2-1-3-7(4-6)16-5-8(9(15)17)10(12,13)14/h1-4,8H,5H2,(H2,15,17). The molecule has 7 heteroatoms. The zero-order valence-corrected chi connectivity index (χ0v) is 9.32. The molecule has 17 heavy (non-hydrogen) atoms. The van der Waals surface area contributed by atoms with Gasteiger partial charge >= 0.3 is 6.18 Å². The molecule has 94 valence electrons. The maximum atomic E-state index is 12.7. The Morgan fingerprint density at radius 3 is 2.53 bits per heavy atom. The van der Waals surface area contributed by atoms with Crippen molar-refractivity contribution in [3.05, 3.63) is 30.1 Å². The molecule has 0 spiro atoms. The Bertz CT molecular complexity index is 408. The summed E-state index contributed by atoms with van der Waals surface area (Å²) in [4.78, 5) is -0.700. The third-order valence-electron chi connectivity index (χ3n) is 1.95. The topological polar surface area (TPSA) is 35.2 Å². The summed E-state index contributed by atoms with van der Waals surface area (Å²) in [7, 11) is 0. The van der Waals surface area contributed by atoms with Crippen molar-refractivity contribution in [1.29, 1.82) is 0 Å². The molecule has 0 amide bonds. The van der Waals surface area contributed by atoms with Crippen LogP contribution in [0, 0.1) is 11.7 Å². The van der Waals surface area contributed by atoms with Gasteiger partial charge in [-0.1, -0.05) is 18.3 Å². The first kappa shape index (κ1) is 13.7. The van der Waals surface area contributed by atoms with Crippen molar-refractivity contribution in [2.24, 2.45) is 11.7 Å². The minimum Gasteiger partial charge on any atom is -0.492 e. The van der Waals surface area contributed by atoms with Crippen LogP contribution in [0.25, 0.3) is 0 Å². The number of alkyl halides is 3. The van der Waals surface area contributed by atoms with Gasteiger partial charge in [-0.05, 0) is 12.1 Å². The van der Waals surface area contributed by atoms with Crippen LogP contribution in [-0.2, 0) is 0 Å². The molecule has 2 nitrogen and oxygen atoms in total. The average Bonchev–Trinajstić information content (AvgIpc) is 2.15. The first-order valence-electron chi connectivity index (χ1n) is 4.55. The second kappa shape index (κ2) is 5.31. The number of halogens is 4. The van der Waals surface area contributed by atoms with Crippen LogP contribution in [0.1, 0.15) is 0 Å². The van der Waals surface area contributed by atoms with Crippen LogP contribution in [0.2, 0.25) is 0 Å². The Labute approximate surface area is 100 Å². The number of thiocarbonyl (C=S) groups is 1. The van der Waals surface area contributed by atoms with Gasteiger partial charge in [-0.2, -0.15) is 13.2 Å². The number of hydrogen-bond acceptors (Lipinski definition) is 2. The highest BCUT2D eigenvalue weighted by molar-refractivity contribution is 7.80. The molecule has 1 unspecified atom stereocenters. The van der Waals surface area contributed by atoms with Crippen LogP contribution < -0.4 is 10.5 Å². The van der Waals surface area contributed by atoms with Gasteiger partial charge in [-0.3, -0.25) is 0 Å². The van der Waals surface area contributed by atoms with Gasteiger partial charge in [0.15, 0.2) is 0 Å². The van der Waals surface area contributed by atoms with Gasteiger partial charge < -0.3 is 10.5 Å². The fourth-order valence-electron chi connectivity index (χ4n) is 1.07. The lowest BCUT2D eigenvalue weighted by Gasteiger charge is -2.19.